The van der Waals surface area contributed by atoms with Gasteiger partial charge >= 0.3 is 0 Å². The number of amides is 1. The minimum atomic E-state index is -0.0391. The molecule has 7 heteroatoms. The number of hydrogen-bond donors (Lipinski definition) is 0. The lowest BCUT2D eigenvalue weighted by Crippen LogP contribution is -2.36. The normalized spacial score (nSPS) is 13.3. The van der Waals surface area contributed by atoms with Gasteiger partial charge in [0.1, 0.15) is 17.1 Å². The van der Waals surface area contributed by atoms with Gasteiger partial charge in [0.05, 0.1) is 12.2 Å². The highest BCUT2D eigenvalue weighted by Crippen LogP contribution is 2.24. The number of hydrogen-bond acceptors (Lipinski definition) is 5. The predicted octanol–water partition coefficient (Wildman–Crippen LogP) is 3.45. The van der Waals surface area contributed by atoms with Crippen molar-refractivity contribution in [2.75, 3.05) is 6.54 Å². The first kappa shape index (κ1) is 19.2. The molecule has 3 aromatic heterocycles. The van der Waals surface area contributed by atoms with Crippen LogP contribution in [-0.4, -0.2) is 37.1 Å². The molecule has 0 N–H and O–H groups in total. The summed E-state index contributed by atoms with van der Waals surface area (Å²) in [7, 11) is 1.81. The summed E-state index contributed by atoms with van der Waals surface area (Å²) in [6.45, 7) is 1.06. The molecule has 0 spiro atoms. The third-order valence-electron chi connectivity index (χ3n) is 5.58. The molecule has 5 rings (SSSR count). The molecule has 31 heavy (non-hydrogen) atoms. The maximum Gasteiger partial charge on any atom is 0.272 e. The molecule has 1 aromatic carbocycles. The maximum absolute atomic E-state index is 13.2. The standard InChI is InChI=1S/C24H23N5O2/c1-28-21(14-19(27-28)18-7-3-2-4-8-18)24(30)29-13-11-22-20(16-29)26-23(31-22)10-9-17-6-5-12-25-15-17/h2-8,12,14-15H,9-11,13,16H2,1H3. The maximum atomic E-state index is 13.2. The topological polar surface area (TPSA) is 77.0 Å². The van der Waals surface area contributed by atoms with E-state index in [1.807, 2.05) is 66.7 Å². The third-order valence-corrected chi connectivity index (χ3v) is 5.58. The van der Waals surface area contributed by atoms with Gasteiger partial charge in [-0.15, -0.1) is 0 Å². The number of aryl methyl sites for hydroxylation is 3. The van der Waals surface area contributed by atoms with Gasteiger partial charge in [-0.1, -0.05) is 36.4 Å². The average Bonchev–Trinajstić information content (AvgIpc) is 3.41. The van der Waals surface area contributed by atoms with Crippen molar-refractivity contribution < 1.29 is 9.21 Å². The second-order valence-electron chi connectivity index (χ2n) is 7.72. The monoisotopic (exact) mass is 413 g/mol. The average molecular weight is 413 g/mol. The van der Waals surface area contributed by atoms with Gasteiger partial charge in [0, 0.05) is 44.4 Å². The van der Waals surface area contributed by atoms with Crippen LogP contribution in [0.2, 0.25) is 0 Å². The molecule has 1 amide bonds. The first-order valence-corrected chi connectivity index (χ1v) is 10.4. The SMILES string of the molecule is Cn1nc(-c2ccccc2)cc1C(=O)N1CCc2oc(CCc3cccnc3)nc2C1. The van der Waals surface area contributed by atoms with Crippen molar-refractivity contribution in [3.8, 4) is 11.3 Å². The number of pyridine rings is 1. The summed E-state index contributed by atoms with van der Waals surface area (Å²) >= 11 is 0. The fraction of sp³-hybridized carbons (Fsp3) is 0.250. The van der Waals surface area contributed by atoms with Gasteiger partial charge < -0.3 is 9.32 Å². The summed E-state index contributed by atoms with van der Waals surface area (Å²) in [5.41, 5.74) is 4.37. The van der Waals surface area contributed by atoms with Crippen LogP contribution in [0.1, 0.15) is 33.4 Å². The van der Waals surface area contributed by atoms with Crippen LogP contribution in [0.25, 0.3) is 11.3 Å². The van der Waals surface area contributed by atoms with E-state index in [0.717, 1.165) is 47.0 Å². The van der Waals surface area contributed by atoms with E-state index in [0.29, 0.717) is 25.2 Å². The van der Waals surface area contributed by atoms with Crippen LogP contribution >= 0.6 is 0 Å². The van der Waals surface area contributed by atoms with Gasteiger partial charge in [-0.3, -0.25) is 14.5 Å². The van der Waals surface area contributed by atoms with Gasteiger partial charge in [-0.05, 0) is 24.1 Å². The lowest BCUT2D eigenvalue weighted by molar-refractivity contribution is 0.0716. The van der Waals surface area contributed by atoms with E-state index >= 15 is 0 Å². The van der Waals surface area contributed by atoms with Crippen LogP contribution < -0.4 is 0 Å². The smallest absolute Gasteiger partial charge is 0.272 e. The minimum absolute atomic E-state index is 0.0391. The van der Waals surface area contributed by atoms with Crippen LogP contribution in [0, 0.1) is 0 Å². The number of rotatable bonds is 5. The first-order valence-electron chi connectivity index (χ1n) is 10.4. The van der Waals surface area contributed by atoms with E-state index in [1.54, 1.807) is 10.9 Å². The molecule has 0 aliphatic carbocycles. The minimum Gasteiger partial charge on any atom is -0.445 e. The fourth-order valence-electron chi connectivity index (χ4n) is 3.91. The molecule has 0 saturated carbocycles. The summed E-state index contributed by atoms with van der Waals surface area (Å²) in [4.78, 5) is 23.8. The molecule has 1 aliphatic heterocycles. The summed E-state index contributed by atoms with van der Waals surface area (Å²) in [5.74, 6) is 1.57. The molecule has 0 fully saturated rings. The Hall–Kier alpha value is -3.74. The molecular formula is C24H23N5O2. The molecule has 0 saturated heterocycles. The highest BCUT2D eigenvalue weighted by molar-refractivity contribution is 5.93. The lowest BCUT2D eigenvalue weighted by atomic mass is 10.1. The largest absolute Gasteiger partial charge is 0.445 e. The molecule has 4 aromatic rings. The molecule has 0 radical (unpaired) electrons. The molecule has 0 atom stereocenters. The van der Waals surface area contributed by atoms with E-state index in [9.17, 15) is 4.79 Å². The van der Waals surface area contributed by atoms with E-state index in [-0.39, 0.29) is 5.91 Å². The van der Waals surface area contributed by atoms with Gasteiger partial charge in [0.15, 0.2) is 5.89 Å². The molecule has 1 aliphatic rings. The number of aromatic nitrogens is 4. The number of benzene rings is 1. The molecule has 7 nitrogen and oxygen atoms in total. The second kappa shape index (κ2) is 8.18. The summed E-state index contributed by atoms with van der Waals surface area (Å²) < 4.78 is 7.62. The highest BCUT2D eigenvalue weighted by Gasteiger charge is 2.28. The van der Waals surface area contributed by atoms with Crippen molar-refractivity contribution in [2.24, 2.45) is 7.05 Å². The van der Waals surface area contributed by atoms with Gasteiger partial charge in [0.2, 0.25) is 0 Å². The van der Waals surface area contributed by atoms with Crippen molar-refractivity contribution >= 4 is 5.91 Å². The van der Waals surface area contributed by atoms with E-state index in [1.165, 1.54) is 0 Å². The number of nitrogens with zero attached hydrogens (tertiary/aromatic N) is 5. The number of carbonyl (C=O) groups is 1. The molecule has 156 valence electrons. The van der Waals surface area contributed by atoms with Crippen LogP contribution in [0.4, 0.5) is 0 Å². The van der Waals surface area contributed by atoms with Crippen LogP contribution in [0.5, 0.6) is 0 Å². The predicted molar refractivity (Wildman–Crippen MR) is 115 cm³/mol. The van der Waals surface area contributed by atoms with Crippen molar-refractivity contribution in [2.45, 2.75) is 25.8 Å². The van der Waals surface area contributed by atoms with Crippen molar-refractivity contribution in [1.29, 1.82) is 0 Å². The Balaban J connectivity index is 1.29. The molecule has 0 unspecified atom stereocenters. The van der Waals surface area contributed by atoms with E-state index < -0.39 is 0 Å². The molecular weight excluding hydrogens is 390 g/mol. The van der Waals surface area contributed by atoms with Gasteiger partial charge in [0.25, 0.3) is 5.91 Å². The summed E-state index contributed by atoms with van der Waals surface area (Å²) in [6, 6.07) is 15.7. The summed E-state index contributed by atoms with van der Waals surface area (Å²) in [6.07, 6.45) is 5.84. The quantitative estimate of drug-likeness (QED) is 0.501. The second-order valence-corrected chi connectivity index (χ2v) is 7.72. The van der Waals surface area contributed by atoms with Crippen molar-refractivity contribution in [3.63, 3.8) is 0 Å². The Morgan fingerprint density at radius 1 is 1.13 bits per heavy atom. The van der Waals surface area contributed by atoms with Gasteiger partial charge in [-0.25, -0.2) is 4.98 Å². The Kier molecular flexibility index (Phi) is 5.08. The zero-order valence-corrected chi connectivity index (χ0v) is 17.4. The summed E-state index contributed by atoms with van der Waals surface area (Å²) in [5, 5.41) is 4.53. The molecule has 0 bridgehead atoms. The van der Waals surface area contributed by atoms with Crippen LogP contribution in [0.15, 0.2) is 65.3 Å². The Labute approximate surface area is 180 Å². The van der Waals surface area contributed by atoms with Crippen molar-refractivity contribution in [3.05, 3.63) is 89.5 Å². The zero-order chi connectivity index (χ0) is 21.2. The lowest BCUT2D eigenvalue weighted by Gasteiger charge is -2.25. The number of oxazole rings is 1. The number of fused-ring (bicyclic) bond motifs is 1. The Morgan fingerprint density at radius 2 is 2.00 bits per heavy atom. The van der Waals surface area contributed by atoms with Crippen molar-refractivity contribution in [1.82, 2.24) is 24.6 Å². The highest BCUT2D eigenvalue weighted by atomic mass is 16.4. The van der Waals surface area contributed by atoms with E-state index in [4.69, 9.17) is 4.42 Å². The fourth-order valence-corrected chi connectivity index (χ4v) is 3.91. The van der Waals surface area contributed by atoms with E-state index in [2.05, 4.69) is 15.1 Å². The Morgan fingerprint density at radius 3 is 2.81 bits per heavy atom. The number of carbonyl (C=O) groups excluding carboxylic acids is 1. The Bertz CT molecular complexity index is 1200. The molecule has 4 heterocycles. The van der Waals surface area contributed by atoms with Gasteiger partial charge in [-0.2, -0.15) is 5.10 Å². The third kappa shape index (κ3) is 3.99. The van der Waals surface area contributed by atoms with Crippen LogP contribution in [-0.2, 0) is 32.9 Å². The first-order chi connectivity index (χ1) is 15.2. The zero-order valence-electron chi connectivity index (χ0n) is 17.4. The van der Waals surface area contributed by atoms with Crippen LogP contribution in [0.3, 0.4) is 0 Å².